The number of amides is 2. The van der Waals surface area contributed by atoms with Gasteiger partial charge in [0.05, 0.1) is 43.1 Å². The number of rotatable bonds is 16. The number of nitro groups is 1. The van der Waals surface area contributed by atoms with Crippen molar-refractivity contribution < 1.29 is 43.3 Å². The molecular weight excluding hydrogens is 626 g/mol. The second kappa shape index (κ2) is 16.6. The maximum absolute atomic E-state index is 12.5. The quantitative estimate of drug-likeness (QED) is 0.0567. The fourth-order valence-corrected chi connectivity index (χ4v) is 4.73. The van der Waals surface area contributed by atoms with Gasteiger partial charge in [0.25, 0.3) is 5.69 Å². The summed E-state index contributed by atoms with van der Waals surface area (Å²) in [6.45, 7) is 5.84. The van der Waals surface area contributed by atoms with Crippen LogP contribution in [0.1, 0.15) is 43.5 Å². The lowest BCUT2D eigenvalue weighted by Gasteiger charge is -2.28. The molecule has 4 N–H and O–H groups in total. The standard InChI is InChI=1S/C33H37N5O10/c1-5-45-27-15-21(10-12-25(27)47-18-22-8-7-9-24(14-22)38(42)43)17-34-37-29(39)19-48-26-13-11-23(16-28(26)46-6-2)31-30(32(40)44-4)20(3)35-33(41)36-31/h7-17,29,31,37,39H,5-6,18-19H2,1-4H3,(H2,35,36,41)/b34-17-/t29-,31-/m1/s1. The van der Waals surface area contributed by atoms with Crippen LogP contribution in [0, 0.1) is 10.1 Å². The molecule has 0 aromatic heterocycles. The van der Waals surface area contributed by atoms with Gasteiger partial charge in [-0.3, -0.25) is 15.5 Å². The number of aliphatic hydroxyl groups excluding tert-OH is 1. The summed E-state index contributed by atoms with van der Waals surface area (Å²) in [6.07, 6.45) is 0.289. The van der Waals surface area contributed by atoms with E-state index in [0.717, 1.165) is 0 Å². The number of carbonyl (C=O) groups excluding carboxylic acids is 2. The van der Waals surface area contributed by atoms with Gasteiger partial charge in [-0.2, -0.15) is 5.10 Å². The van der Waals surface area contributed by atoms with Crippen LogP contribution < -0.4 is 35.0 Å². The average molecular weight is 664 g/mol. The summed E-state index contributed by atoms with van der Waals surface area (Å²) in [7, 11) is 1.26. The molecule has 1 heterocycles. The normalized spacial score (nSPS) is 14.9. The van der Waals surface area contributed by atoms with E-state index in [-0.39, 0.29) is 24.5 Å². The summed E-state index contributed by atoms with van der Waals surface area (Å²) in [5.74, 6) is 0.989. The number of methoxy groups -OCH3 is 1. The molecule has 0 saturated carbocycles. The van der Waals surface area contributed by atoms with Crippen LogP contribution in [-0.4, -0.2) is 61.4 Å². The topological polar surface area (TPSA) is 192 Å². The van der Waals surface area contributed by atoms with Crippen LogP contribution in [0.15, 0.2) is 77.0 Å². The van der Waals surface area contributed by atoms with Gasteiger partial charge in [0, 0.05) is 17.8 Å². The predicted molar refractivity (Wildman–Crippen MR) is 174 cm³/mol. The Labute approximate surface area is 276 Å². The number of hydrogen-bond acceptors (Lipinski definition) is 12. The van der Waals surface area contributed by atoms with E-state index in [1.165, 1.54) is 25.5 Å². The van der Waals surface area contributed by atoms with Crippen molar-refractivity contribution in [1.82, 2.24) is 16.1 Å². The molecule has 15 nitrogen and oxygen atoms in total. The average Bonchev–Trinajstić information content (AvgIpc) is 3.07. The van der Waals surface area contributed by atoms with Crippen LogP contribution >= 0.6 is 0 Å². The number of esters is 1. The molecule has 254 valence electrons. The first kappa shape index (κ1) is 35.0. The number of nitrogens with zero attached hydrogens (tertiary/aromatic N) is 2. The van der Waals surface area contributed by atoms with Crippen LogP contribution in [0.3, 0.4) is 0 Å². The molecule has 3 aromatic rings. The number of carbonyl (C=O) groups is 2. The Morgan fingerprint density at radius 3 is 2.44 bits per heavy atom. The van der Waals surface area contributed by atoms with Gasteiger partial charge in [-0.1, -0.05) is 18.2 Å². The first-order valence-corrected chi connectivity index (χ1v) is 15.0. The first-order valence-electron chi connectivity index (χ1n) is 15.0. The second-order valence-electron chi connectivity index (χ2n) is 10.3. The Morgan fingerprint density at radius 1 is 1.02 bits per heavy atom. The van der Waals surface area contributed by atoms with Gasteiger partial charge >= 0.3 is 12.0 Å². The third-order valence-electron chi connectivity index (χ3n) is 6.89. The number of benzene rings is 3. The molecule has 4 rings (SSSR count). The third kappa shape index (κ3) is 9.13. The van der Waals surface area contributed by atoms with Crippen molar-refractivity contribution in [3.8, 4) is 23.0 Å². The minimum Gasteiger partial charge on any atom is -0.490 e. The highest BCUT2D eigenvalue weighted by Gasteiger charge is 2.32. The van der Waals surface area contributed by atoms with Crippen LogP contribution in [-0.2, 0) is 16.1 Å². The van der Waals surface area contributed by atoms with Crippen LogP contribution in [0.25, 0.3) is 0 Å². The zero-order valence-electron chi connectivity index (χ0n) is 26.8. The molecule has 48 heavy (non-hydrogen) atoms. The van der Waals surface area contributed by atoms with E-state index in [1.54, 1.807) is 62.4 Å². The number of hydrazone groups is 1. The van der Waals surface area contributed by atoms with Crippen LogP contribution in [0.2, 0.25) is 0 Å². The molecule has 2 atom stereocenters. The number of hydrogen-bond donors (Lipinski definition) is 4. The summed E-state index contributed by atoms with van der Waals surface area (Å²) >= 11 is 0. The first-order chi connectivity index (χ1) is 23.1. The number of nitro benzene ring substituents is 1. The molecule has 0 aliphatic carbocycles. The summed E-state index contributed by atoms with van der Waals surface area (Å²) in [5, 5.41) is 30.9. The van der Waals surface area contributed by atoms with Gasteiger partial charge in [0.1, 0.15) is 13.2 Å². The van der Waals surface area contributed by atoms with Crippen LogP contribution in [0.5, 0.6) is 23.0 Å². The molecule has 0 radical (unpaired) electrons. The molecule has 0 bridgehead atoms. The summed E-state index contributed by atoms with van der Waals surface area (Å²) in [5.41, 5.74) is 5.05. The van der Waals surface area contributed by atoms with Crippen LogP contribution in [0.4, 0.5) is 10.5 Å². The van der Waals surface area contributed by atoms with Crippen molar-refractivity contribution in [3.63, 3.8) is 0 Å². The van der Waals surface area contributed by atoms with Crippen molar-refractivity contribution in [1.29, 1.82) is 0 Å². The molecule has 0 fully saturated rings. The number of urea groups is 1. The predicted octanol–water partition coefficient (Wildman–Crippen LogP) is 4.09. The molecule has 1 aliphatic rings. The number of aliphatic hydroxyl groups is 1. The molecule has 15 heteroatoms. The van der Waals surface area contributed by atoms with E-state index in [0.29, 0.717) is 58.6 Å². The van der Waals surface area contributed by atoms with Crippen molar-refractivity contribution >= 4 is 23.9 Å². The lowest BCUT2D eigenvalue weighted by molar-refractivity contribution is -0.384. The highest BCUT2D eigenvalue weighted by atomic mass is 16.6. The Balaban J connectivity index is 1.37. The lowest BCUT2D eigenvalue weighted by Crippen LogP contribution is -2.45. The van der Waals surface area contributed by atoms with Crippen molar-refractivity contribution in [3.05, 3.63) is 98.7 Å². The summed E-state index contributed by atoms with van der Waals surface area (Å²) in [6, 6.07) is 15.0. The van der Waals surface area contributed by atoms with E-state index in [4.69, 9.17) is 23.7 Å². The Kier molecular flexibility index (Phi) is 12.2. The number of ether oxygens (including phenoxy) is 5. The van der Waals surface area contributed by atoms with Gasteiger partial charge in [0.15, 0.2) is 29.2 Å². The fraction of sp³-hybridized carbons (Fsp3) is 0.303. The van der Waals surface area contributed by atoms with Gasteiger partial charge in [0.2, 0.25) is 0 Å². The number of allylic oxidation sites excluding steroid dienone is 1. The monoisotopic (exact) mass is 663 g/mol. The molecule has 0 spiro atoms. The van der Waals surface area contributed by atoms with E-state index in [9.17, 15) is 24.8 Å². The van der Waals surface area contributed by atoms with E-state index in [2.05, 4.69) is 21.2 Å². The van der Waals surface area contributed by atoms with Gasteiger partial charge < -0.3 is 39.4 Å². The SMILES string of the molecule is CCOc1cc(/C=N\N[C@H](O)COc2ccc([C@H]3NC(=O)NC(C)=C3C(=O)OC)cc2OCC)ccc1OCc1cccc([N+](=O)[O-])c1. The fourth-order valence-electron chi connectivity index (χ4n) is 4.73. The maximum atomic E-state index is 12.5. The Morgan fingerprint density at radius 2 is 1.73 bits per heavy atom. The van der Waals surface area contributed by atoms with Crippen molar-refractivity contribution in [2.75, 3.05) is 26.9 Å². The lowest BCUT2D eigenvalue weighted by atomic mass is 9.95. The molecular formula is C33H37N5O10. The zero-order valence-corrected chi connectivity index (χ0v) is 26.8. The highest BCUT2D eigenvalue weighted by molar-refractivity contribution is 5.95. The van der Waals surface area contributed by atoms with E-state index >= 15 is 0 Å². The largest absolute Gasteiger partial charge is 0.490 e. The molecule has 2 amide bonds. The zero-order chi connectivity index (χ0) is 34.6. The van der Waals surface area contributed by atoms with E-state index in [1.807, 2.05) is 6.92 Å². The molecule has 0 unspecified atom stereocenters. The van der Waals surface area contributed by atoms with E-state index < -0.39 is 29.2 Å². The second-order valence-corrected chi connectivity index (χ2v) is 10.3. The van der Waals surface area contributed by atoms with Crippen molar-refractivity contribution in [2.45, 2.75) is 39.6 Å². The summed E-state index contributed by atoms with van der Waals surface area (Å²) in [4.78, 5) is 35.2. The Bertz CT molecular complexity index is 1690. The maximum Gasteiger partial charge on any atom is 0.337 e. The third-order valence-corrected chi connectivity index (χ3v) is 6.89. The summed E-state index contributed by atoms with van der Waals surface area (Å²) < 4.78 is 28.0. The number of non-ortho nitro benzene ring substituents is 1. The minimum absolute atomic E-state index is 0.0207. The smallest absolute Gasteiger partial charge is 0.337 e. The van der Waals surface area contributed by atoms with Gasteiger partial charge in [-0.15, -0.1) is 0 Å². The Hall–Kier alpha value is -5.83. The van der Waals surface area contributed by atoms with Gasteiger partial charge in [-0.25, -0.2) is 9.59 Å². The molecule has 1 aliphatic heterocycles. The number of nitrogens with one attached hydrogen (secondary N) is 3. The minimum atomic E-state index is -1.19. The molecule has 0 saturated heterocycles. The van der Waals surface area contributed by atoms with Crippen molar-refractivity contribution in [2.24, 2.45) is 5.10 Å². The highest BCUT2D eigenvalue weighted by Crippen LogP contribution is 2.35. The van der Waals surface area contributed by atoms with Gasteiger partial charge in [-0.05, 0) is 67.8 Å². The molecule has 3 aromatic carbocycles.